The Hall–Kier alpha value is -3.55. The number of rotatable bonds is 8. The van der Waals surface area contributed by atoms with E-state index in [0.717, 1.165) is 15.3 Å². The maximum atomic E-state index is 14.5. The van der Waals surface area contributed by atoms with Gasteiger partial charge in [-0.1, -0.05) is 25.9 Å². The number of ether oxygens (including phenoxy) is 5. The number of Topliss-reactive ketones (excluding diaryl/α,β-unsaturated/α-hetero) is 1. The van der Waals surface area contributed by atoms with Gasteiger partial charge in [0, 0.05) is 52.5 Å². The molecule has 2 bridgehead atoms. The van der Waals surface area contributed by atoms with Crippen LogP contribution >= 0.6 is 11.3 Å². The number of likely N-dealkylation sites (N-methyl/N-ethyl adjacent to an activating group) is 1. The van der Waals surface area contributed by atoms with Gasteiger partial charge in [0.25, 0.3) is 0 Å². The third-order valence-electron chi connectivity index (χ3n) is 11.8. The van der Waals surface area contributed by atoms with E-state index in [0.29, 0.717) is 12.1 Å². The van der Waals surface area contributed by atoms with Gasteiger partial charge in [-0.3, -0.25) is 14.4 Å². The molecule has 0 saturated carbocycles. The molecule has 5 rings (SSSR count). The summed E-state index contributed by atoms with van der Waals surface area (Å²) in [7, 11) is 3.71. The fourth-order valence-corrected chi connectivity index (χ4v) is 9.25. The number of thiophene rings is 1. The number of hydrogen-bond acceptors (Lipinski definition) is 15. The number of fused-ring (bicyclic) bond motifs is 5. The number of aromatic nitrogens is 1. The number of carbonyl (C=O) groups is 3. The first kappa shape index (κ1) is 47.5. The van der Waals surface area contributed by atoms with Crippen LogP contribution in [0.3, 0.4) is 0 Å². The maximum Gasteiger partial charge on any atom is 0.316 e. The van der Waals surface area contributed by atoms with Crippen LogP contribution in [0.1, 0.15) is 86.0 Å². The number of carbonyl (C=O) groups excluding carboxylic acids is 3. The monoisotopic (exact) mass is 860 g/mol. The van der Waals surface area contributed by atoms with Crippen molar-refractivity contribution in [2.45, 2.75) is 142 Å². The predicted octanol–water partition coefficient (Wildman–Crippen LogP) is 5.14. The number of ketones is 1. The largest absolute Gasteiger partial charge is 0.459 e. The Morgan fingerprint density at radius 1 is 1.12 bits per heavy atom. The molecule has 0 radical (unpaired) electrons. The molecule has 0 spiro atoms. The highest BCUT2D eigenvalue weighted by molar-refractivity contribution is 7.15. The van der Waals surface area contributed by atoms with E-state index >= 15 is 0 Å². The molecular weight excluding hydrogens is 800 g/mol. The third kappa shape index (κ3) is 11.3. The maximum absolute atomic E-state index is 14.5. The van der Waals surface area contributed by atoms with Crippen molar-refractivity contribution in [3.8, 4) is 10.4 Å². The lowest BCUT2D eigenvalue weighted by molar-refractivity contribution is -0.296. The van der Waals surface area contributed by atoms with E-state index in [2.05, 4.69) is 15.1 Å². The van der Waals surface area contributed by atoms with Crippen molar-refractivity contribution in [1.82, 2.24) is 9.88 Å². The van der Waals surface area contributed by atoms with Gasteiger partial charge >= 0.3 is 5.97 Å². The summed E-state index contributed by atoms with van der Waals surface area (Å²) < 4.78 is 45.7. The smallest absolute Gasteiger partial charge is 0.316 e. The summed E-state index contributed by atoms with van der Waals surface area (Å²) in [6.07, 6.45) is -3.73. The van der Waals surface area contributed by atoms with Gasteiger partial charge in [-0.15, -0.1) is 11.3 Å². The number of esters is 1. The lowest BCUT2D eigenvalue weighted by Crippen LogP contribution is -2.59. The topological polar surface area (TPSA) is 188 Å². The van der Waals surface area contributed by atoms with Crippen LogP contribution in [-0.4, -0.2) is 131 Å². The minimum atomic E-state index is -1.84. The van der Waals surface area contributed by atoms with E-state index in [1.54, 1.807) is 26.8 Å². The Kier molecular flexibility index (Phi) is 15.9. The summed E-state index contributed by atoms with van der Waals surface area (Å²) in [5.41, 5.74) is -1.82. The number of pyridine rings is 1. The van der Waals surface area contributed by atoms with Gasteiger partial charge in [0.05, 0.1) is 37.1 Å². The van der Waals surface area contributed by atoms with Crippen LogP contribution < -0.4 is 0 Å². The molecule has 3 aliphatic heterocycles. The number of aliphatic hydroxyl groups is 2. The minimum Gasteiger partial charge on any atom is -0.459 e. The van der Waals surface area contributed by atoms with Crippen molar-refractivity contribution in [2.75, 3.05) is 27.3 Å². The normalized spacial score (nSPS) is 36.4. The third-order valence-corrected chi connectivity index (χ3v) is 13.0. The highest BCUT2D eigenvalue weighted by Gasteiger charge is 2.51. The van der Waals surface area contributed by atoms with Crippen LogP contribution in [0.25, 0.3) is 10.4 Å². The molecule has 3 saturated heterocycles. The van der Waals surface area contributed by atoms with Crippen molar-refractivity contribution >= 4 is 40.4 Å². The summed E-state index contributed by atoms with van der Waals surface area (Å²) in [6.45, 7) is 12.8. The molecule has 60 heavy (non-hydrogen) atoms. The summed E-state index contributed by atoms with van der Waals surface area (Å²) in [5.74, 6) is -5.21. The molecule has 12 atom stereocenters. The fourth-order valence-electron chi connectivity index (χ4n) is 8.34. The average molecular weight is 861 g/mol. The standard InChI is InChI=1S/C43H61FN4O11S/c1-11-34-43(8,53)35-17-31(46-27(6)49)23(2)18-42(7,55-21-29(20-54-35)47-56-22-30-13-14-33(60-30)28-12-15-36(44)45-19-28)39(25(4)37(50)26(5)40(52)58-34)59-41-38(51)32(48(9)10)16-24(3)57-41/h12-15,19,23-26,32,34-35,38-39,41,51,53H,11,16-18,20-22H2,1-10H3/b46-31?,47-29-/t23-,24-,25+,26-,32+,34-,35-,38-,39-,41+,42-,43-/m1/s1. The van der Waals surface area contributed by atoms with E-state index in [-0.39, 0.29) is 56.9 Å². The van der Waals surface area contributed by atoms with Crippen molar-refractivity contribution in [2.24, 2.45) is 27.9 Å². The number of halogens is 1. The molecule has 0 aliphatic carbocycles. The predicted molar refractivity (Wildman–Crippen MR) is 222 cm³/mol. The molecule has 2 aromatic rings. The van der Waals surface area contributed by atoms with Crippen molar-refractivity contribution in [3.63, 3.8) is 0 Å². The van der Waals surface area contributed by atoms with Gasteiger partial charge in [-0.2, -0.15) is 4.39 Å². The molecule has 332 valence electrons. The summed E-state index contributed by atoms with van der Waals surface area (Å²) in [4.78, 5) is 58.6. The molecule has 0 unspecified atom stereocenters. The Balaban J connectivity index is 1.60. The van der Waals surface area contributed by atoms with Crippen molar-refractivity contribution < 1.29 is 57.5 Å². The molecule has 2 aromatic heterocycles. The first-order chi connectivity index (χ1) is 28.2. The number of aliphatic imine (C=N–C) groups is 1. The van der Waals surface area contributed by atoms with E-state index in [9.17, 15) is 29.0 Å². The Morgan fingerprint density at radius 3 is 2.50 bits per heavy atom. The van der Waals surface area contributed by atoms with Crippen LogP contribution in [0.4, 0.5) is 4.39 Å². The second-order valence-electron chi connectivity index (χ2n) is 17.0. The average Bonchev–Trinajstić information content (AvgIpc) is 3.66. The van der Waals surface area contributed by atoms with Gasteiger partial charge in [0.1, 0.15) is 29.4 Å². The Labute approximate surface area is 355 Å². The van der Waals surface area contributed by atoms with Crippen LogP contribution in [-0.2, 0) is 49.5 Å². The molecule has 1 amide bonds. The van der Waals surface area contributed by atoms with Gasteiger partial charge in [-0.25, -0.2) is 9.98 Å². The second kappa shape index (κ2) is 20.1. The summed E-state index contributed by atoms with van der Waals surface area (Å²) in [5, 5.41) is 28.3. The zero-order valence-corrected chi connectivity index (χ0v) is 37.1. The van der Waals surface area contributed by atoms with E-state index in [1.807, 2.05) is 45.0 Å². The Morgan fingerprint density at radius 2 is 1.85 bits per heavy atom. The lowest BCUT2D eigenvalue weighted by Gasteiger charge is -2.47. The number of aliphatic hydroxyl groups excluding tert-OH is 1. The van der Waals surface area contributed by atoms with Gasteiger partial charge < -0.3 is 43.6 Å². The first-order valence-corrected chi connectivity index (χ1v) is 21.4. The van der Waals surface area contributed by atoms with E-state index in [4.69, 9.17) is 28.5 Å². The minimum absolute atomic E-state index is 0.0374. The number of nitrogens with zero attached hydrogens (tertiary/aromatic N) is 4. The number of oxime groups is 1. The van der Waals surface area contributed by atoms with Crippen molar-refractivity contribution in [3.05, 3.63) is 41.3 Å². The number of hydrogen-bond donors (Lipinski definition) is 2. The lowest BCUT2D eigenvalue weighted by atomic mass is 9.76. The van der Waals surface area contributed by atoms with E-state index < -0.39 is 83.3 Å². The fraction of sp³-hybridized carbons (Fsp3) is 0.674. The van der Waals surface area contributed by atoms with Crippen LogP contribution in [0, 0.1) is 23.7 Å². The molecule has 3 fully saturated rings. The molecule has 15 nitrogen and oxygen atoms in total. The van der Waals surface area contributed by atoms with Crippen molar-refractivity contribution in [1.29, 1.82) is 0 Å². The number of cyclic esters (lactones) is 1. The van der Waals surface area contributed by atoms with Gasteiger partial charge in [0.15, 0.2) is 18.7 Å². The van der Waals surface area contributed by atoms with Crippen LogP contribution in [0.15, 0.2) is 40.6 Å². The molecule has 5 heterocycles. The molecule has 0 aromatic carbocycles. The quantitative estimate of drug-likeness (QED) is 0.154. The summed E-state index contributed by atoms with van der Waals surface area (Å²) in [6, 6.07) is 6.36. The van der Waals surface area contributed by atoms with Gasteiger partial charge in [0.2, 0.25) is 11.9 Å². The SMILES string of the molecule is CC[C@H]1OC(=O)[C@H](C)C(=O)[C@H](C)[C@@H](O[C@@H]2O[C@H](C)C[C@H](N(C)C)[C@H]2O)[C@@]2(C)C[C@@H](C)C(=NC(C)=O)C[C@@H](OC/C(=N/OCc3ccc(-c4ccc(F)nc4)s3)CO2)[C@]1(C)O. The zero-order chi connectivity index (χ0) is 44.1. The Bertz CT molecular complexity index is 1870. The van der Waals surface area contributed by atoms with Crippen LogP contribution in [0.5, 0.6) is 0 Å². The molecular formula is C43H61FN4O11S. The molecule has 3 aliphatic rings. The number of amides is 1. The molecule has 2 N–H and O–H groups in total. The first-order valence-electron chi connectivity index (χ1n) is 20.6. The van der Waals surface area contributed by atoms with Crippen LogP contribution in [0.2, 0.25) is 0 Å². The van der Waals surface area contributed by atoms with Gasteiger partial charge in [-0.05, 0) is 91.2 Å². The highest BCUT2D eigenvalue weighted by Crippen LogP contribution is 2.39. The second-order valence-corrected chi connectivity index (χ2v) is 18.2. The van der Waals surface area contributed by atoms with E-state index in [1.165, 1.54) is 44.4 Å². The summed E-state index contributed by atoms with van der Waals surface area (Å²) >= 11 is 1.43. The zero-order valence-electron chi connectivity index (χ0n) is 36.3. The highest BCUT2D eigenvalue weighted by atomic mass is 32.1. The molecule has 17 heteroatoms.